The summed E-state index contributed by atoms with van der Waals surface area (Å²) in [6.07, 6.45) is 0. The number of carbonyl (C=O) groups excluding carboxylic acids is 4. The number of aromatic hydroxyl groups is 2. The molecular weight excluding hydrogens is 492 g/mol. The summed E-state index contributed by atoms with van der Waals surface area (Å²) in [5.41, 5.74) is 18.7. The molecule has 2 aromatic rings. The van der Waals surface area contributed by atoms with Gasteiger partial charge >= 0.3 is 24.1 Å². The molecule has 0 heterocycles. The topological polar surface area (TPSA) is 330 Å². The second kappa shape index (κ2) is 9.91. The Morgan fingerprint density at radius 3 is 0.919 bits per heavy atom. The molecule has 18 heteroatoms. The van der Waals surface area contributed by atoms with E-state index in [1.165, 1.54) is 24.3 Å². The molecular formula is C19H28N12O6. The van der Waals surface area contributed by atoms with Crippen LogP contribution >= 0.6 is 0 Å². The van der Waals surface area contributed by atoms with Gasteiger partial charge in [0, 0.05) is 5.41 Å². The predicted octanol–water partition coefficient (Wildman–Crippen LogP) is -1.54. The van der Waals surface area contributed by atoms with Crippen LogP contribution in [0.25, 0.3) is 0 Å². The zero-order valence-electron chi connectivity index (χ0n) is 19.7. The summed E-state index contributed by atoms with van der Waals surface area (Å²) >= 11 is 0. The van der Waals surface area contributed by atoms with Crippen LogP contribution in [0.2, 0.25) is 0 Å². The highest BCUT2D eigenvalue weighted by atomic mass is 16.3. The molecule has 200 valence electrons. The van der Waals surface area contributed by atoms with Crippen LogP contribution in [-0.2, 0) is 5.41 Å². The number of carbonyl (C=O) groups is 4. The van der Waals surface area contributed by atoms with E-state index in [9.17, 15) is 29.4 Å². The number of hydrazine groups is 4. The van der Waals surface area contributed by atoms with Crippen LogP contribution in [0, 0.1) is 0 Å². The number of primary amides is 4. The van der Waals surface area contributed by atoms with Crippen molar-refractivity contribution in [3.8, 4) is 11.5 Å². The Labute approximate surface area is 209 Å². The first-order valence-electron chi connectivity index (χ1n) is 10.0. The maximum atomic E-state index is 11.7. The molecule has 18 N–H and O–H groups in total. The molecule has 0 unspecified atom stereocenters. The minimum Gasteiger partial charge on any atom is -0.504 e. The Bertz CT molecular complexity index is 1100. The Morgan fingerprint density at radius 1 is 0.568 bits per heavy atom. The summed E-state index contributed by atoms with van der Waals surface area (Å²) < 4.78 is 0. The molecule has 0 aliphatic carbocycles. The molecule has 2 aromatic carbocycles. The molecule has 2 rings (SSSR count). The fourth-order valence-corrected chi connectivity index (χ4v) is 3.31. The van der Waals surface area contributed by atoms with Crippen molar-refractivity contribution in [2.45, 2.75) is 19.3 Å². The summed E-state index contributed by atoms with van der Waals surface area (Å²) in [5.74, 6) is 21.3. The standard InChI is InChI=1S/C19H28N12O6/c1-19(2,7-3-9(28(24)15(20)34)13(32)10(4-7)29(25)16(21)35)8-5-11(30(26)17(22)36)14(33)12(6-8)31(27)18(23)37/h3-6,32-33H,24-27H2,1-2H3,(H2,20,34)(H2,21,35)(H2,22,36)(H2,23,37). The lowest BCUT2D eigenvalue weighted by Gasteiger charge is -2.32. The number of amides is 8. The highest BCUT2D eigenvalue weighted by Crippen LogP contribution is 2.45. The largest absolute Gasteiger partial charge is 0.504 e. The van der Waals surface area contributed by atoms with Crippen molar-refractivity contribution in [3.05, 3.63) is 35.4 Å². The minimum atomic E-state index is -1.23. The maximum absolute atomic E-state index is 11.7. The number of nitrogens with two attached hydrogens (primary N) is 8. The Morgan fingerprint density at radius 2 is 0.757 bits per heavy atom. The lowest BCUT2D eigenvalue weighted by atomic mass is 9.77. The quantitative estimate of drug-likeness (QED) is 0.119. The Balaban J connectivity index is 2.95. The SMILES string of the molecule is CC(C)(c1cc(N(N)C(N)=O)c(O)c(N(N)C(N)=O)c1)c1cc(N(N)C(N)=O)c(O)c(N(N)C(N)=O)c1. The highest BCUT2D eigenvalue weighted by molar-refractivity contribution is 5.98. The van der Waals surface area contributed by atoms with Gasteiger partial charge in [-0.05, 0) is 35.4 Å². The number of anilines is 4. The van der Waals surface area contributed by atoms with Crippen LogP contribution in [0.15, 0.2) is 24.3 Å². The number of phenols is 2. The van der Waals surface area contributed by atoms with Crippen molar-refractivity contribution in [1.29, 1.82) is 0 Å². The molecule has 0 aromatic heterocycles. The van der Waals surface area contributed by atoms with Gasteiger partial charge in [0.15, 0.2) is 11.5 Å². The first-order chi connectivity index (χ1) is 16.9. The van der Waals surface area contributed by atoms with E-state index in [-0.39, 0.29) is 33.9 Å². The summed E-state index contributed by atoms with van der Waals surface area (Å²) in [5, 5.41) is 22.9. The van der Waals surface area contributed by atoms with Gasteiger partial charge in [-0.3, -0.25) is 0 Å². The average Bonchev–Trinajstić information content (AvgIpc) is 2.81. The molecule has 0 atom stereocenters. The molecule has 18 nitrogen and oxygen atoms in total. The number of hydrogen-bond acceptors (Lipinski definition) is 10. The second-order valence-corrected chi connectivity index (χ2v) is 8.18. The Hall–Kier alpha value is -5.04. The van der Waals surface area contributed by atoms with Crippen LogP contribution in [-0.4, -0.2) is 34.3 Å². The number of urea groups is 4. The molecule has 0 fully saturated rings. The minimum absolute atomic E-state index is 0.219. The molecule has 37 heavy (non-hydrogen) atoms. The number of benzene rings is 2. The van der Waals surface area contributed by atoms with Crippen molar-refractivity contribution in [3.63, 3.8) is 0 Å². The molecule has 0 bridgehead atoms. The van der Waals surface area contributed by atoms with Crippen molar-refractivity contribution >= 4 is 46.9 Å². The van der Waals surface area contributed by atoms with Crippen LogP contribution in [0.1, 0.15) is 25.0 Å². The van der Waals surface area contributed by atoms with Crippen LogP contribution in [0.5, 0.6) is 11.5 Å². The number of nitrogens with zero attached hydrogens (tertiary/aromatic N) is 4. The van der Waals surface area contributed by atoms with Gasteiger partial charge in [-0.15, -0.1) is 0 Å². The van der Waals surface area contributed by atoms with E-state index < -0.39 is 41.0 Å². The number of hydrogen-bond donors (Lipinski definition) is 10. The van der Waals surface area contributed by atoms with E-state index in [2.05, 4.69) is 0 Å². The third-order valence-electron chi connectivity index (χ3n) is 5.57. The smallest absolute Gasteiger partial charge is 0.333 e. The predicted molar refractivity (Wildman–Crippen MR) is 133 cm³/mol. The Kier molecular flexibility index (Phi) is 7.55. The van der Waals surface area contributed by atoms with Crippen molar-refractivity contribution in [1.82, 2.24) is 0 Å². The molecule has 0 aliphatic heterocycles. The van der Waals surface area contributed by atoms with Gasteiger partial charge in [0.2, 0.25) is 0 Å². The highest BCUT2D eigenvalue weighted by Gasteiger charge is 2.32. The summed E-state index contributed by atoms with van der Waals surface area (Å²) in [6.45, 7) is 3.19. The normalized spacial score (nSPS) is 11.0. The van der Waals surface area contributed by atoms with Gasteiger partial charge in [0.1, 0.15) is 22.7 Å². The van der Waals surface area contributed by atoms with Crippen molar-refractivity contribution in [2.75, 3.05) is 20.0 Å². The van der Waals surface area contributed by atoms with Crippen molar-refractivity contribution < 1.29 is 29.4 Å². The van der Waals surface area contributed by atoms with Crippen LogP contribution in [0.4, 0.5) is 41.9 Å². The van der Waals surface area contributed by atoms with Gasteiger partial charge in [0.25, 0.3) is 0 Å². The van der Waals surface area contributed by atoms with E-state index in [0.717, 1.165) is 0 Å². The third-order valence-corrected chi connectivity index (χ3v) is 5.57. The van der Waals surface area contributed by atoms with E-state index in [1.807, 2.05) is 0 Å². The van der Waals surface area contributed by atoms with E-state index in [4.69, 9.17) is 46.3 Å². The molecule has 0 spiro atoms. The van der Waals surface area contributed by atoms with Gasteiger partial charge < -0.3 is 33.1 Å². The van der Waals surface area contributed by atoms with E-state index in [1.54, 1.807) is 13.8 Å². The monoisotopic (exact) mass is 520 g/mol. The lowest BCUT2D eigenvalue weighted by molar-refractivity contribution is 0.252. The molecule has 0 saturated heterocycles. The van der Waals surface area contributed by atoms with Crippen LogP contribution in [0.3, 0.4) is 0 Å². The second-order valence-electron chi connectivity index (χ2n) is 8.18. The van der Waals surface area contributed by atoms with Gasteiger partial charge in [0.05, 0.1) is 0 Å². The van der Waals surface area contributed by atoms with Gasteiger partial charge in [-0.1, -0.05) is 13.8 Å². The fraction of sp³-hybridized carbons (Fsp3) is 0.158. The summed E-state index contributed by atoms with van der Waals surface area (Å²) in [7, 11) is 0. The van der Waals surface area contributed by atoms with Crippen molar-refractivity contribution in [2.24, 2.45) is 46.3 Å². The molecule has 0 saturated carbocycles. The van der Waals surface area contributed by atoms with Gasteiger partial charge in [-0.25, -0.2) is 62.6 Å². The first-order valence-corrected chi connectivity index (χ1v) is 10.0. The zero-order chi connectivity index (χ0) is 28.6. The zero-order valence-corrected chi connectivity index (χ0v) is 19.7. The molecule has 8 amide bonds. The maximum Gasteiger partial charge on any atom is 0.333 e. The summed E-state index contributed by atoms with van der Waals surface area (Å²) in [6, 6.07) is 0.282. The lowest BCUT2D eigenvalue weighted by Crippen LogP contribution is -2.44. The summed E-state index contributed by atoms with van der Waals surface area (Å²) in [4.78, 5) is 46.9. The van der Waals surface area contributed by atoms with Gasteiger partial charge in [-0.2, -0.15) is 0 Å². The van der Waals surface area contributed by atoms with E-state index in [0.29, 0.717) is 20.0 Å². The molecule has 0 aliphatic rings. The number of phenolic OH excluding ortho intramolecular Hbond substituents is 2. The molecule has 0 radical (unpaired) electrons. The third kappa shape index (κ3) is 5.16. The fourth-order valence-electron chi connectivity index (χ4n) is 3.31. The van der Waals surface area contributed by atoms with E-state index >= 15 is 0 Å². The first kappa shape index (κ1) is 28.2. The number of rotatable bonds is 6. The van der Waals surface area contributed by atoms with Crippen LogP contribution < -0.4 is 66.3 Å². The average molecular weight is 521 g/mol.